The molecule has 1 rings (SSSR count). The minimum atomic E-state index is -1.09. The highest BCUT2D eigenvalue weighted by molar-refractivity contribution is 5.51. The van der Waals surface area contributed by atoms with Crippen molar-refractivity contribution in [1.82, 2.24) is 0 Å². The van der Waals surface area contributed by atoms with E-state index < -0.39 is 6.17 Å². The van der Waals surface area contributed by atoms with Crippen LogP contribution in [-0.4, -0.2) is 6.17 Å². The standard InChI is InChI=1S/C11H16N2O2/c1-6-7(2)9(10(12-14)13-15)11(4,5)8(6)3/h10H,1-5H3. The molecule has 1 aliphatic rings. The lowest BCUT2D eigenvalue weighted by Gasteiger charge is -2.25. The second-order valence-corrected chi connectivity index (χ2v) is 4.50. The van der Waals surface area contributed by atoms with Crippen molar-refractivity contribution in [2.75, 3.05) is 0 Å². The third kappa shape index (κ3) is 1.54. The largest absolute Gasteiger partial charge is 0.245 e. The molecule has 0 radical (unpaired) electrons. The zero-order chi connectivity index (χ0) is 11.8. The van der Waals surface area contributed by atoms with E-state index in [4.69, 9.17) is 0 Å². The van der Waals surface area contributed by atoms with Gasteiger partial charge in [-0.1, -0.05) is 19.4 Å². The van der Waals surface area contributed by atoms with Crippen molar-refractivity contribution in [2.24, 2.45) is 15.8 Å². The molecule has 0 heterocycles. The van der Waals surface area contributed by atoms with Gasteiger partial charge in [-0.25, -0.2) is 0 Å². The van der Waals surface area contributed by atoms with Gasteiger partial charge in [-0.05, 0) is 47.8 Å². The molecule has 0 N–H and O–H groups in total. The molecule has 15 heavy (non-hydrogen) atoms. The number of hydrogen-bond acceptors (Lipinski definition) is 4. The fraction of sp³-hybridized carbons (Fsp3) is 0.636. The fourth-order valence-electron chi connectivity index (χ4n) is 2.26. The van der Waals surface area contributed by atoms with Crippen LogP contribution in [0.3, 0.4) is 0 Å². The lowest BCUT2D eigenvalue weighted by molar-refractivity contribution is 0.501. The van der Waals surface area contributed by atoms with Crippen LogP contribution in [0.4, 0.5) is 0 Å². The first kappa shape index (κ1) is 11.8. The molecule has 4 nitrogen and oxygen atoms in total. The van der Waals surface area contributed by atoms with Crippen molar-refractivity contribution in [3.05, 3.63) is 32.1 Å². The van der Waals surface area contributed by atoms with E-state index in [0.717, 1.165) is 16.7 Å². The van der Waals surface area contributed by atoms with Crippen molar-refractivity contribution >= 4 is 0 Å². The quantitative estimate of drug-likeness (QED) is 0.666. The summed E-state index contributed by atoms with van der Waals surface area (Å²) in [6, 6.07) is 0. The molecule has 0 saturated heterocycles. The first-order valence-electron chi connectivity index (χ1n) is 4.92. The van der Waals surface area contributed by atoms with E-state index in [1.54, 1.807) is 0 Å². The summed E-state index contributed by atoms with van der Waals surface area (Å²) in [4.78, 5) is 21.1. The highest BCUT2D eigenvalue weighted by Crippen LogP contribution is 2.48. The van der Waals surface area contributed by atoms with Gasteiger partial charge in [0, 0.05) is 5.41 Å². The van der Waals surface area contributed by atoms with Crippen molar-refractivity contribution in [3.63, 3.8) is 0 Å². The maximum absolute atomic E-state index is 10.6. The molecular weight excluding hydrogens is 192 g/mol. The van der Waals surface area contributed by atoms with Gasteiger partial charge in [-0.2, -0.15) is 0 Å². The van der Waals surface area contributed by atoms with Gasteiger partial charge in [0.1, 0.15) is 0 Å². The Bertz CT molecular complexity index is 370. The third-order valence-corrected chi connectivity index (χ3v) is 3.60. The Morgan fingerprint density at radius 1 is 1.00 bits per heavy atom. The van der Waals surface area contributed by atoms with Crippen LogP contribution >= 0.6 is 0 Å². The molecule has 0 aromatic rings. The van der Waals surface area contributed by atoms with Crippen molar-refractivity contribution < 1.29 is 0 Å². The summed E-state index contributed by atoms with van der Waals surface area (Å²) in [5, 5.41) is 5.58. The third-order valence-electron chi connectivity index (χ3n) is 3.60. The molecule has 4 heteroatoms. The summed E-state index contributed by atoms with van der Waals surface area (Å²) < 4.78 is 0. The monoisotopic (exact) mass is 208 g/mol. The maximum Gasteiger partial charge on any atom is 0.245 e. The first-order chi connectivity index (χ1) is 6.87. The second kappa shape index (κ2) is 3.68. The molecular formula is C11H16N2O2. The fourth-order valence-corrected chi connectivity index (χ4v) is 2.26. The van der Waals surface area contributed by atoms with Crippen LogP contribution in [0.15, 0.2) is 32.6 Å². The minimum absolute atomic E-state index is 0.291. The van der Waals surface area contributed by atoms with E-state index in [9.17, 15) is 9.81 Å². The Morgan fingerprint density at radius 3 is 1.73 bits per heavy atom. The number of hydrogen-bond donors (Lipinski definition) is 0. The smallest absolute Gasteiger partial charge is 0.148 e. The van der Waals surface area contributed by atoms with E-state index in [-0.39, 0.29) is 5.41 Å². The molecule has 0 saturated carbocycles. The van der Waals surface area contributed by atoms with Gasteiger partial charge in [0.15, 0.2) is 0 Å². The molecule has 0 fully saturated rings. The predicted molar refractivity (Wildman–Crippen MR) is 60.2 cm³/mol. The molecule has 0 aromatic heterocycles. The van der Waals surface area contributed by atoms with Gasteiger partial charge in [0.25, 0.3) is 0 Å². The molecule has 0 atom stereocenters. The minimum Gasteiger partial charge on any atom is -0.148 e. The van der Waals surface area contributed by atoms with Gasteiger partial charge in [0.05, 0.1) is 0 Å². The summed E-state index contributed by atoms with van der Waals surface area (Å²) in [5.41, 5.74) is 3.73. The Kier molecular flexibility index (Phi) is 2.88. The predicted octanol–water partition coefficient (Wildman–Crippen LogP) is 3.54. The molecule has 0 unspecified atom stereocenters. The summed E-state index contributed by atoms with van der Waals surface area (Å²) in [6.45, 7) is 9.89. The molecule has 0 aliphatic heterocycles. The highest BCUT2D eigenvalue weighted by atomic mass is 16.3. The van der Waals surface area contributed by atoms with Gasteiger partial charge >= 0.3 is 0 Å². The van der Waals surface area contributed by atoms with Crippen LogP contribution in [0, 0.1) is 15.2 Å². The van der Waals surface area contributed by atoms with Gasteiger partial charge in [0.2, 0.25) is 6.17 Å². The Balaban J connectivity index is 3.33. The number of rotatable bonds is 3. The number of allylic oxidation sites excluding steroid dienone is 3. The lowest BCUT2D eigenvalue weighted by atomic mass is 9.79. The van der Waals surface area contributed by atoms with Crippen LogP contribution < -0.4 is 0 Å². The van der Waals surface area contributed by atoms with Crippen molar-refractivity contribution in [3.8, 4) is 0 Å². The van der Waals surface area contributed by atoms with Crippen LogP contribution in [0.1, 0.15) is 34.6 Å². The van der Waals surface area contributed by atoms with Crippen LogP contribution in [-0.2, 0) is 0 Å². The van der Waals surface area contributed by atoms with E-state index in [1.807, 2.05) is 34.6 Å². The molecule has 82 valence electrons. The SMILES string of the molecule is CC1=C(C)C(C)(C)C(C(N=O)N=O)=C1C. The highest BCUT2D eigenvalue weighted by Gasteiger charge is 2.39. The van der Waals surface area contributed by atoms with Crippen molar-refractivity contribution in [1.29, 1.82) is 0 Å². The van der Waals surface area contributed by atoms with E-state index in [1.165, 1.54) is 5.57 Å². The normalized spacial score (nSPS) is 20.1. The van der Waals surface area contributed by atoms with Crippen LogP contribution in [0.25, 0.3) is 0 Å². The molecule has 0 spiro atoms. The average Bonchev–Trinajstić information content (AvgIpc) is 2.34. The Hall–Kier alpha value is -1.32. The zero-order valence-electron chi connectivity index (χ0n) is 9.79. The number of nitrogens with zero attached hydrogens (tertiary/aromatic N) is 2. The molecule has 0 bridgehead atoms. The van der Waals surface area contributed by atoms with Crippen LogP contribution in [0.5, 0.6) is 0 Å². The van der Waals surface area contributed by atoms with E-state index in [0.29, 0.717) is 0 Å². The van der Waals surface area contributed by atoms with Gasteiger partial charge in [-0.3, -0.25) is 0 Å². The number of nitroso groups, excluding NO2 is 2. The summed E-state index contributed by atoms with van der Waals surface area (Å²) in [5.74, 6) is 0. The Morgan fingerprint density at radius 2 is 1.47 bits per heavy atom. The maximum atomic E-state index is 10.6. The topological polar surface area (TPSA) is 58.9 Å². The summed E-state index contributed by atoms with van der Waals surface area (Å²) >= 11 is 0. The Labute approximate surface area is 89.4 Å². The average molecular weight is 208 g/mol. The zero-order valence-corrected chi connectivity index (χ0v) is 9.79. The molecule has 0 aromatic carbocycles. The first-order valence-corrected chi connectivity index (χ1v) is 4.92. The molecule has 0 amide bonds. The van der Waals surface area contributed by atoms with E-state index in [2.05, 4.69) is 10.4 Å². The van der Waals surface area contributed by atoms with Crippen LogP contribution in [0.2, 0.25) is 0 Å². The summed E-state index contributed by atoms with van der Waals surface area (Å²) in [6.07, 6.45) is -1.09. The van der Waals surface area contributed by atoms with Crippen molar-refractivity contribution in [2.45, 2.75) is 40.8 Å². The van der Waals surface area contributed by atoms with E-state index >= 15 is 0 Å². The van der Waals surface area contributed by atoms with Gasteiger partial charge < -0.3 is 0 Å². The van der Waals surface area contributed by atoms with Gasteiger partial charge in [-0.15, -0.1) is 9.81 Å². The summed E-state index contributed by atoms with van der Waals surface area (Å²) in [7, 11) is 0. The lowest BCUT2D eigenvalue weighted by Crippen LogP contribution is -2.21. The molecule has 1 aliphatic carbocycles. The second-order valence-electron chi connectivity index (χ2n) is 4.50.